The molecule has 2 aliphatic heterocycles. The maximum absolute atomic E-state index is 14.1. The van der Waals surface area contributed by atoms with E-state index in [1.807, 2.05) is 6.92 Å². The summed E-state index contributed by atoms with van der Waals surface area (Å²) in [7, 11) is 5.20. The van der Waals surface area contributed by atoms with E-state index in [0.29, 0.717) is 18.0 Å². The van der Waals surface area contributed by atoms with Crippen molar-refractivity contribution in [2.24, 2.45) is 23.7 Å². The number of ether oxygens (including phenoxy) is 6. The Bertz CT molecular complexity index is 1440. The van der Waals surface area contributed by atoms with Crippen LogP contribution >= 0.6 is 0 Å². The Morgan fingerprint density at radius 1 is 1.06 bits per heavy atom. The van der Waals surface area contributed by atoms with Gasteiger partial charge in [0.25, 0.3) is 0 Å². The van der Waals surface area contributed by atoms with E-state index >= 15 is 0 Å². The number of rotatable bonds is 10. The highest BCUT2D eigenvalue weighted by Gasteiger charge is 2.53. The number of aliphatic hydroxyl groups is 2. The second kappa shape index (κ2) is 18.2. The van der Waals surface area contributed by atoms with Gasteiger partial charge in [-0.15, -0.1) is 0 Å². The number of Topliss-reactive ketones (excluding diaryl/α,β-unsaturated/α-hetero) is 1. The summed E-state index contributed by atoms with van der Waals surface area (Å²) >= 11 is 0. The lowest BCUT2D eigenvalue weighted by Crippen LogP contribution is -2.61. The third-order valence-electron chi connectivity index (χ3n) is 12.2. The van der Waals surface area contributed by atoms with Gasteiger partial charge in [-0.1, -0.05) is 39.8 Å². The molecular formula is C41H64FNO11. The van der Waals surface area contributed by atoms with Crippen LogP contribution in [0.3, 0.4) is 0 Å². The highest BCUT2D eigenvalue weighted by atomic mass is 19.1. The number of hydrogen-bond donors (Lipinski definition) is 2. The van der Waals surface area contributed by atoms with Gasteiger partial charge in [0.15, 0.2) is 6.29 Å². The number of likely N-dealkylation sites (N-methyl/N-ethyl adjacent to an activating group) is 1. The molecule has 0 bridgehead atoms. The standard InChI is InChI=1S/C41H64FNO11/c1-12-31-41(8,48)36(46)24(4)33(45)22(2)21-40(7,50-11)37(54-39-35(49-10)30(18-23(3)51-39)43(9)29-16-17-29)25(5)34(26(6)38(47)52-31)53-32(44)20-27-14-13-15-28(42)19-27/h13-15,19,22-26,29-31,34-37,39,46,48H,12,16-18,20-21H2,1-11H3/t22-,23+,24-,25+,26-,30-,31-,34+,35+,36-,37-,39?,40-,41-/m1/s1. The minimum Gasteiger partial charge on any atom is -0.461 e. The fraction of sp³-hybridized carbons (Fsp3) is 0.780. The predicted molar refractivity (Wildman–Crippen MR) is 198 cm³/mol. The van der Waals surface area contributed by atoms with Gasteiger partial charge in [-0.05, 0) is 84.5 Å². The first kappa shape index (κ1) is 44.2. The topological polar surface area (TPSA) is 150 Å². The second-order valence-electron chi connectivity index (χ2n) is 16.5. The van der Waals surface area contributed by atoms with Gasteiger partial charge in [-0.3, -0.25) is 19.3 Å². The van der Waals surface area contributed by atoms with Crippen LogP contribution in [-0.2, 0) is 49.2 Å². The fourth-order valence-corrected chi connectivity index (χ4v) is 8.68. The van der Waals surface area contributed by atoms with Crippen LogP contribution in [0.25, 0.3) is 0 Å². The Morgan fingerprint density at radius 3 is 2.30 bits per heavy atom. The van der Waals surface area contributed by atoms with Crippen LogP contribution in [0, 0.1) is 29.5 Å². The van der Waals surface area contributed by atoms with Gasteiger partial charge in [0.2, 0.25) is 0 Å². The fourth-order valence-electron chi connectivity index (χ4n) is 8.68. The van der Waals surface area contributed by atoms with Crippen LogP contribution in [-0.4, -0.2) is 120 Å². The number of hydrogen-bond acceptors (Lipinski definition) is 12. The van der Waals surface area contributed by atoms with E-state index in [0.717, 1.165) is 12.8 Å². The molecule has 1 aliphatic carbocycles. The summed E-state index contributed by atoms with van der Waals surface area (Å²) < 4.78 is 52.0. The molecule has 3 fully saturated rings. The molecule has 2 N–H and O–H groups in total. The van der Waals surface area contributed by atoms with Crippen molar-refractivity contribution in [1.29, 1.82) is 0 Å². The van der Waals surface area contributed by atoms with Crippen molar-refractivity contribution in [1.82, 2.24) is 4.90 Å². The Kier molecular flexibility index (Phi) is 14.9. The van der Waals surface area contributed by atoms with Crippen molar-refractivity contribution < 1.29 is 57.4 Å². The van der Waals surface area contributed by atoms with E-state index in [9.17, 15) is 29.0 Å². The van der Waals surface area contributed by atoms with E-state index in [1.54, 1.807) is 54.7 Å². The monoisotopic (exact) mass is 765 g/mol. The van der Waals surface area contributed by atoms with Crippen LogP contribution in [0.1, 0.15) is 93.1 Å². The van der Waals surface area contributed by atoms with E-state index in [-0.39, 0.29) is 37.2 Å². The molecule has 1 aromatic carbocycles. The second-order valence-corrected chi connectivity index (χ2v) is 16.5. The van der Waals surface area contributed by atoms with Crippen LogP contribution in [0.5, 0.6) is 0 Å². The van der Waals surface area contributed by atoms with Gasteiger partial charge in [0.1, 0.15) is 35.5 Å². The first-order valence-corrected chi connectivity index (χ1v) is 19.5. The minimum atomic E-state index is -2.00. The summed E-state index contributed by atoms with van der Waals surface area (Å²) in [5.41, 5.74) is -2.88. The molecule has 54 heavy (non-hydrogen) atoms. The van der Waals surface area contributed by atoms with E-state index in [4.69, 9.17) is 28.4 Å². The van der Waals surface area contributed by atoms with Crippen LogP contribution in [0.15, 0.2) is 24.3 Å². The summed E-state index contributed by atoms with van der Waals surface area (Å²) in [5.74, 6) is -6.01. The average Bonchev–Trinajstić information content (AvgIpc) is 3.98. The quantitative estimate of drug-likeness (QED) is 0.320. The third kappa shape index (κ3) is 9.88. The first-order valence-electron chi connectivity index (χ1n) is 19.5. The molecule has 3 aliphatic rings. The third-order valence-corrected chi connectivity index (χ3v) is 12.2. The number of carbonyl (C=O) groups is 3. The van der Waals surface area contributed by atoms with E-state index in [2.05, 4.69) is 11.9 Å². The maximum Gasteiger partial charge on any atom is 0.312 e. The van der Waals surface area contributed by atoms with E-state index < -0.39 is 89.4 Å². The Morgan fingerprint density at radius 2 is 1.72 bits per heavy atom. The maximum atomic E-state index is 14.1. The summed E-state index contributed by atoms with van der Waals surface area (Å²) in [5, 5.41) is 23.0. The number of nitrogens with zero attached hydrogens (tertiary/aromatic N) is 1. The predicted octanol–water partition coefficient (Wildman–Crippen LogP) is 4.63. The van der Waals surface area contributed by atoms with Crippen LogP contribution in [0.4, 0.5) is 4.39 Å². The van der Waals surface area contributed by atoms with Gasteiger partial charge in [-0.25, -0.2) is 4.39 Å². The molecule has 0 radical (unpaired) electrons. The SMILES string of the molecule is CC[C@H]1OC(=O)[C@H](C)[C@@H](OC(=O)Cc2cccc(F)c2)[C@H](C)[C@@H](OC2O[C@@H](C)C[C@@H](N(C)C3CC3)[C@@H]2OC)[C@](C)(OC)C[C@@H](C)C(=O)[C@@H](C)[C@@H](O)[C@]1(C)O. The number of aliphatic hydroxyl groups excluding tert-OH is 1. The normalized spacial score (nSPS) is 40.2. The van der Waals surface area contributed by atoms with Gasteiger partial charge < -0.3 is 38.6 Å². The summed E-state index contributed by atoms with van der Waals surface area (Å²) in [4.78, 5) is 44.1. The summed E-state index contributed by atoms with van der Waals surface area (Å²) in [6, 6.07) is 6.01. The lowest BCUT2D eigenvalue weighted by Gasteiger charge is -2.49. The van der Waals surface area contributed by atoms with Crippen molar-refractivity contribution in [2.45, 2.75) is 160 Å². The van der Waals surface area contributed by atoms with Gasteiger partial charge in [0.05, 0.1) is 36.3 Å². The highest BCUT2D eigenvalue weighted by molar-refractivity contribution is 5.83. The molecule has 14 atom stereocenters. The van der Waals surface area contributed by atoms with Gasteiger partial charge in [0, 0.05) is 44.1 Å². The molecule has 12 nitrogen and oxygen atoms in total. The molecule has 4 rings (SSSR count). The number of halogens is 1. The molecular weight excluding hydrogens is 701 g/mol. The lowest BCUT2D eigenvalue weighted by molar-refractivity contribution is -0.306. The number of esters is 2. The number of benzene rings is 1. The van der Waals surface area contributed by atoms with Gasteiger partial charge in [-0.2, -0.15) is 0 Å². The van der Waals surface area contributed by atoms with Gasteiger partial charge >= 0.3 is 11.9 Å². The molecule has 2 heterocycles. The zero-order chi connectivity index (χ0) is 40.3. The highest BCUT2D eigenvalue weighted by Crippen LogP contribution is 2.41. The zero-order valence-electron chi connectivity index (χ0n) is 34.0. The Balaban J connectivity index is 1.83. The first-order chi connectivity index (χ1) is 25.3. The molecule has 1 aromatic rings. The molecule has 306 valence electrons. The van der Waals surface area contributed by atoms with Crippen molar-refractivity contribution in [3.63, 3.8) is 0 Å². The minimum absolute atomic E-state index is 0.0331. The summed E-state index contributed by atoms with van der Waals surface area (Å²) in [6.45, 7) is 13.4. The molecule has 0 aromatic heterocycles. The average molecular weight is 766 g/mol. The zero-order valence-corrected chi connectivity index (χ0v) is 34.0. The van der Waals surface area contributed by atoms with Crippen molar-refractivity contribution >= 4 is 17.7 Å². The van der Waals surface area contributed by atoms with Crippen molar-refractivity contribution in [3.8, 4) is 0 Å². The molecule has 1 saturated carbocycles. The van der Waals surface area contributed by atoms with Crippen molar-refractivity contribution in [3.05, 3.63) is 35.6 Å². The van der Waals surface area contributed by atoms with E-state index in [1.165, 1.54) is 32.2 Å². The number of cyclic esters (lactones) is 1. The number of carbonyl (C=O) groups excluding carboxylic acids is 3. The Hall–Kier alpha value is -2.52. The lowest BCUT2D eigenvalue weighted by atomic mass is 9.74. The molecule has 0 amide bonds. The Labute approximate surface area is 320 Å². The molecule has 13 heteroatoms. The largest absolute Gasteiger partial charge is 0.461 e. The van der Waals surface area contributed by atoms with Crippen molar-refractivity contribution in [2.75, 3.05) is 21.3 Å². The number of methoxy groups -OCH3 is 2. The van der Waals surface area contributed by atoms with Crippen LogP contribution < -0.4 is 0 Å². The molecule has 0 spiro atoms. The smallest absolute Gasteiger partial charge is 0.312 e. The summed E-state index contributed by atoms with van der Waals surface area (Å²) in [6.07, 6.45) is -3.76. The van der Waals surface area contributed by atoms with Crippen LogP contribution in [0.2, 0.25) is 0 Å². The molecule has 1 unspecified atom stereocenters. The molecule has 2 saturated heterocycles. The number of ketones is 1.